The van der Waals surface area contributed by atoms with Crippen molar-refractivity contribution in [2.24, 2.45) is 11.8 Å². The standard InChI is InChI=1S/C31H43N7O/c1-5-37(17-20-14-23(16-27(20)39)38-11-10-24-29(32)33-18-34-30(24)38)22-12-19(13-22)6-9-28-35-25-8-7-21(31(2,3)4)15-26(25)36-28/h7-8,10-11,15,18-20,22-23,27,39H,5-6,9,12-14,16-17H2,1-4H3,(H,35,36)(H2,32,33,34)/t19?,20-,22?,23-,27+/m1/s1. The number of nitrogens with two attached hydrogens (primary N) is 1. The number of fused-ring (bicyclic) bond motifs is 2. The van der Waals surface area contributed by atoms with Crippen LogP contribution >= 0.6 is 0 Å². The Bertz CT molecular complexity index is 1440. The van der Waals surface area contributed by atoms with Crippen molar-refractivity contribution < 1.29 is 5.11 Å². The number of aliphatic hydroxyl groups excluding tert-OH is 1. The zero-order valence-corrected chi connectivity index (χ0v) is 23.8. The molecule has 3 atom stereocenters. The van der Waals surface area contributed by atoms with Crippen molar-refractivity contribution in [2.75, 3.05) is 18.8 Å². The first-order valence-electron chi connectivity index (χ1n) is 14.7. The van der Waals surface area contributed by atoms with E-state index in [-0.39, 0.29) is 23.5 Å². The number of imidazole rings is 1. The van der Waals surface area contributed by atoms with Gasteiger partial charge in [-0.05, 0) is 79.7 Å². The summed E-state index contributed by atoms with van der Waals surface area (Å²) in [6, 6.07) is 9.47. The molecule has 3 aromatic heterocycles. The van der Waals surface area contributed by atoms with Crippen LogP contribution in [0.5, 0.6) is 0 Å². The molecule has 6 rings (SSSR count). The number of benzene rings is 1. The van der Waals surface area contributed by atoms with Crippen LogP contribution in [0.4, 0.5) is 5.82 Å². The van der Waals surface area contributed by atoms with Crippen molar-refractivity contribution in [3.05, 3.63) is 48.2 Å². The lowest BCUT2D eigenvalue weighted by Gasteiger charge is -2.44. The highest BCUT2D eigenvalue weighted by atomic mass is 16.3. The van der Waals surface area contributed by atoms with Crippen LogP contribution in [0.1, 0.15) is 77.2 Å². The third kappa shape index (κ3) is 5.16. The molecule has 4 N–H and O–H groups in total. The van der Waals surface area contributed by atoms with Gasteiger partial charge in [0.1, 0.15) is 23.6 Å². The number of rotatable bonds is 8. The Labute approximate surface area is 231 Å². The number of aromatic nitrogens is 5. The third-order valence-corrected chi connectivity index (χ3v) is 9.35. The number of hydrogen-bond donors (Lipinski definition) is 3. The highest BCUT2D eigenvalue weighted by molar-refractivity contribution is 5.86. The minimum absolute atomic E-state index is 0.140. The fourth-order valence-electron chi connectivity index (χ4n) is 6.84. The summed E-state index contributed by atoms with van der Waals surface area (Å²) in [7, 11) is 0. The molecule has 0 amide bonds. The van der Waals surface area contributed by atoms with Crippen molar-refractivity contribution in [3.8, 4) is 0 Å². The van der Waals surface area contributed by atoms with E-state index in [1.165, 1.54) is 31.2 Å². The maximum Gasteiger partial charge on any atom is 0.145 e. The lowest BCUT2D eigenvalue weighted by Crippen LogP contribution is -2.47. The molecular weight excluding hydrogens is 486 g/mol. The fraction of sp³-hybridized carbons (Fsp3) is 0.581. The molecule has 3 heterocycles. The molecule has 8 heteroatoms. The number of aromatic amines is 1. The number of anilines is 1. The van der Waals surface area contributed by atoms with Crippen LogP contribution in [0, 0.1) is 11.8 Å². The van der Waals surface area contributed by atoms with Crippen LogP contribution in [0.2, 0.25) is 0 Å². The Morgan fingerprint density at radius 2 is 1.95 bits per heavy atom. The number of nitrogens with one attached hydrogen (secondary N) is 1. The first-order chi connectivity index (χ1) is 18.7. The second-order valence-corrected chi connectivity index (χ2v) is 13.0. The molecule has 0 radical (unpaired) electrons. The molecule has 2 aliphatic rings. The van der Waals surface area contributed by atoms with Crippen molar-refractivity contribution >= 4 is 27.9 Å². The number of H-pyrrole nitrogens is 1. The summed E-state index contributed by atoms with van der Waals surface area (Å²) in [5.74, 6) is 2.65. The van der Waals surface area contributed by atoms with Crippen LogP contribution < -0.4 is 5.73 Å². The Kier molecular flexibility index (Phi) is 6.88. The van der Waals surface area contributed by atoms with Crippen LogP contribution in [-0.4, -0.2) is 59.7 Å². The first kappa shape index (κ1) is 26.3. The van der Waals surface area contributed by atoms with E-state index in [2.05, 4.69) is 76.5 Å². The Hall–Kier alpha value is -2.97. The topological polar surface area (TPSA) is 109 Å². The van der Waals surface area contributed by atoms with Gasteiger partial charge in [-0.25, -0.2) is 15.0 Å². The molecule has 2 saturated carbocycles. The predicted molar refractivity (Wildman–Crippen MR) is 157 cm³/mol. The average molecular weight is 530 g/mol. The van der Waals surface area contributed by atoms with E-state index in [4.69, 9.17) is 10.7 Å². The van der Waals surface area contributed by atoms with Gasteiger partial charge in [0.25, 0.3) is 0 Å². The van der Waals surface area contributed by atoms with E-state index >= 15 is 0 Å². The van der Waals surface area contributed by atoms with Gasteiger partial charge in [-0.2, -0.15) is 0 Å². The fourth-order valence-corrected chi connectivity index (χ4v) is 6.84. The van der Waals surface area contributed by atoms with E-state index in [0.29, 0.717) is 11.9 Å². The van der Waals surface area contributed by atoms with E-state index in [1.54, 1.807) is 0 Å². The molecule has 2 aliphatic carbocycles. The summed E-state index contributed by atoms with van der Waals surface area (Å²) in [6.45, 7) is 11.0. The highest BCUT2D eigenvalue weighted by Gasteiger charge is 2.39. The van der Waals surface area contributed by atoms with Crippen molar-refractivity contribution in [1.29, 1.82) is 0 Å². The van der Waals surface area contributed by atoms with Gasteiger partial charge in [0.15, 0.2) is 0 Å². The van der Waals surface area contributed by atoms with Gasteiger partial charge in [-0.1, -0.05) is 33.8 Å². The van der Waals surface area contributed by atoms with Gasteiger partial charge in [0, 0.05) is 31.2 Å². The lowest BCUT2D eigenvalue weighted by atomic mass is 9.76. The second kappa shape index (κ2) is 10.2. The van der Waals surface area contributed by atoms with Gasteiger partial charge < -0.3 is 25.3 Å². The Balaban J connectivity index is 1.01. The average Bonchev–Trinajstić information content (AvgIpc) is 3.58. The monoisotopic (exact) mass is 529 g/mol. The third-order valence-electron chi connectivity index (χ3n) is 9.35. The molecule has 8 nitrogen and oxygen atoms in total. The zero-order valence-electron chi connectivity index (χ0n) is 23.8. The summed E-state index contributed by atoms with van der Waals surface area (Å²) in [4.78, 5) is 19.6. The van der Waals surface area contributed by atoms with Crippen LogP contribution in [0.3, 0.4) is 0 Å². The largest absolute Gasteiger partial charge is 0.393 e. The zero-order chi connectivity index (χ0) is 27.3. The molecule has 0 spiro atoms. The maximum atomic E-state index is 11.0. The smallest absolute Gasteiger partial charge is 0.145 e. The Morgan fingerprint density at radius 3 is 2.72 bits per heavy atom. The molecule has 208 valence electrons. The number of aryl methyl sites for hydroxylation is 1. The molecular formula is C31H43N7O. The second-order valence-electron chi connectivity index (χ2n) is 13.0. The lowest BCUT2D eigenvalue weighted by molar-refractivity contribution is 0.0394. The van der Waals surface area contributed by atoms with Gasteiger partial charge >= 0.3 is 0 Å². The van der Waals surface area contributed by atoms with Gasteiger partial charge in [-0.15, -0.1) is 0 Å². The normalized spacial score (nSPS) is 25.6. The van der Waals surface area contributed by atoms with Gasteiger partial charge in [0.05, 0.1) is 22.5 Å². The summed E-state index contributed by atoms with van der Waals surface area (Å²) in [5, 5.41) is 11.9. The maximum absolute atomic E-state index is 11.0. The molecule has 0 unspecified atom stereocenters. The van der Waals surface area contributed by atoms with Gasteiger partial charge in [0.2, 0.25) is 0 Å². The van der Waals surface area contributed by atoms with Crippen LogP contribution in [0.25, 0.3) is 22.1 Å². The van der Waals surface area contributed by atoms with E-state index < -0.39 is 0 Å². The number of nitrogen functional groups attached to an aromatic ring is 1. The highest BCUT2D eigenvalue weighted by Crippen LogP contribution is 2.40. The van der Waals surface area contributed by atoms with Crippen molar-refractivity contribution in [2.45, 2.75) is 89.8 Å². The molecule has 2 fully saturated rings. The molecule has 0 saturated heterocycles. The summed E-state index contributed by atoms with van der Waals surface area (Å²) in [5.41, 5.74) is 10.6. The predicted octanol–water partition coefficient (Wildman–Crippen LogP) is 5.23. The number of hydrogen-bond acceptors (Lipinski definition) is 6. The quantitative estimate of drug-likeness (QED) is 0.288. The summed E-state index contributed by atoms with van der Waals surface area (Å²) >= 11 is 0. The van der Waals surface area contributed by atoms with E-state index in [9.17, 15) is 5.11 Å². The molecule has 0 bridgehead atoms. The van der Waals surface area contributed by atoms with Crippen molar-refractivity contribution in [1.82, 2.24) is 29.4 Å². The number of nitrogens with zero attached hydrogens (tertiary/aromatic N) is 5. The van der Waals surface area contributed by atoms with E-state index in [1.807, 2.05) is 6.07 Å². The SMILES string of the molecule is CCN(C[C@H]1C[C@@H](n2ccc3c(N)ncnc32)C[C@@H]1O)C1CC(CCc2nc3ccc(C(C)(C)C)cc3[nH]2)C1. The number of aliphatic hydroxyl groups is 1. The molecule has 1 aromatic carbocycles. The molecule has 39 heavy (non-hydrogen) atoms. The van der Waals surface area contributed by atoms with E-state index in [0.717, 1.165) is 66.2 Å². The minimum Gasteiger partial charge on any atom is -0.393 e. The summed E-state index contributed by atoms with van der Waals surface area (Å²) in [6.07, 6.45) is 9.69. The molecule has 4 aromatic rings. The first-order valence-corrected chi connectivity index (χ1v) is 14.7. The Morgan fingerprint density at radius 1 is 1.13 bits per heavy atom. The minimum atomic E-state index is -0.288. The molecule has 0 aliphatic heterocycles. The summed E-state index contributed by atoms with van der Waals surface area (Å²) < 4.78 is 2.19. The van der Waals surface area contributed by atoms with Crippen LogP contribution in [0.15, 0.2) is 36.8 Å². The van der Waals surface area contributed by atoms with Gasteiger partial charge in [-0.3, -0.25) is 0 Å². The van der Waals surface area contributed by atoms with Crippen LogP contribution in [-0.2, 0) is 11.8 Å². The van der Waals surface area contributed by atoms with Crippen molar-refractivity contribution in [3.63, 3.8) is 0 Å².